The Hall–Kier alpha value is -4.26. The average molecular weight is 502 g/mol. The first kappa shape index (κ1) is 25.8. The molecule has 0 saturated carbocycles. The number of rotatable bonds is 10. The number of phenolic OH excluding ortho intramolecular Hbond substituents is 1. The van der Waals surface area contributed by atoms with Crippen LogP contribution in [-0.4, -0.2) is 40.0 Å². The molecule has 0 aliphatic carbocycles. The maximum absolute atomic E-state index is 13.4. The summed E-state index contributed by atoms with van der Waals surface area (Å²) in [5.74, 6) is -1.03. The lowest BCUT2D eigenvalue weighted by Gasteiger charge is -2.26. The van der Waals surface area contributed by atoms with E-state index in [9.17, 15) is 19.8 Å². The molecule has 2 N–H and O–H groups in total. The normalized spacial score (nSPS) is 16.7. The topological polar surface area (TPSA) is 96.3 Å². The number of nitrogens with zero attached hydrogens (tertiary/aromatic N) is 1. The molecule has 1 unspecified atom stereocenters. The van der Waals surface area contributed by atoms with Crippen LogP contribution >= 0.6 is 0 Å². The summed E-state index contributed by atoms with van der Waals surface area (Å²) in [5.41, 5.74) is 1.72. The number of hydrogen-bond acceptors (Lipinski definition) is 6. The molecule has 3 aromatic rings. The summed E-state index contributed by atoms with van der Waals surface area (Å²) in [5, 5.41) is 21.6. The van der Waals surface area contributed by atoms with E-state index in [1.165, 1.54) is 11.0 Å². The number of ether oxygens (including phenoxy) is 2. The number of unbranched alkanes of at least 4 members (excludes halogenated alkanes) is 1. The molecule has 7 nitrogen and oxygen atoms in total. The van der Waals surface area contributed by atoms with Gasteiger partial charge in [-0.2, -0.15) is 0 Å². The van der Waals surface area contributed by atoms with Gasteiger partial charge in [-0.05, 0) is 48.7 Å². The van der Waals surface area contributed by atoms with Crippen molar-refractivity contribution in [3.05, 3.63) is 95.1 Å². The van der Waals surface area contributed by atoms with Crippen LogP contribution in [0.4, 0.5) is 0 Å². The molecule has 1 saturated heterocycles. The fourth-order valence-electron chi connectivity index (χ4n) is 4.36. The molecule has 1 atom stereocenters. The van der Waals surface area contributed by atoms with E-state index in [1.807, 2.05) is 30.3 Å². The van der Waals surface area contributed by atoms with Gasteiger partial charge in [0, 0.05) is 12.1 Å². The van der Waals surface area contributed by atoms with Gasteiger partial charge in [0.1, 0.15) is 11.5 Å². The molecule has 1 heterocycles. The minimum atomic E-state index is -0.885. The van der Waals surface area contributed by atoms with Crippen molar-refractivity contribution in [3.8, 4) is 17.2 Å². The fraction of sp³-hybridized carbons (Fsp3) is 0.267. The maximum Gasteiger partial charge on any atom is 0.295 e. The van der Waals surface area contributed by atoms with Gasteiger partial charge in [0.15, 0.2) is 11.5 Å². The van der Waals surface area contributed by atoms with Crippen LogP contribution in [0, 0.1) is 0 Å². The first-order valence-corrected chi connectivity index (χ1v) is 12.5. The Morgan fingerprint density at radius 2 is 1.73 bits per heavy atom. The second kappa shape index (κ2) is 11.6. The van der Waals surface area contributed by atoms with Crippen molar-refractivity contribution in [1.82, 2.24) is 4.90 Å². The van der Waals surface area contributed by atoms with Crippen molar-refractivity contribution < 1.29 is 29.3 Å². The molecule has 0 spiro atoms. The monoisotopic (exact) mass is 501 g/mol. The average Bonchev–Trinajstić information content (AvgIpc) is 3.15. The fourth-order valence-corrected chi connectivity index (χ4v) is 4.36. The third-order valence-electron chi connectivity index (χ3n) is 6.21. The van der Waals surface area contributed by atoms with Gasteiger partial charge < -0.3 is 24.6 Å². The predicted molar refractivity (Wildman–Crippen MR) is 140 cm³/mol. The van der Waals surface area contributed by atoms with Gasteiger partial charge in [-0.15, -0.1) is 0 Å². The number of likely N-dealkylation sites (tertiary alicyclic amines) is 1. The van der Waals surface area contributed by atoms with E-state index in [0.29, 0.717) is 30.1 Å². The second-order valence-corrected chi connectivity index (χ2v) is 8.80. The van der Waals surface area contributed by atoms with E-state index >= 15 is 0 Å². The lowest BCUT2D eigenvalue weighted by molar-refractivity contribution is -0.140. The molecule has 4 rings (SSSR count). The Morgan fingerprint density at radius 3 is 2.46 bits per heavy atom. The zero-order valence-corrected chi connectivity index (χ0v) is 21.0. The van der Waals surface area contributed by atoms with E-state index in [0.717, 1.165) is 18.4 Å². The number of phenols is 1. The molecule has 37 heavy (non-hydrogen) atoms. The predicted octanol–water partition coefficient (Wildman–Crippen LogP) is 5.59. The summed E-state index contributed by atoms with van der Waals surface area (Å²) in [7, 11) is 0. The van der Waals surface area contributed by atoms with Gasteiger partial charge in [-0.25, -0.2) is 0 Å². The number of hydrogen-bond donors (Lipinski definition) is 2. The number of ketones is 1. The SMILES string of the molecule is CCCCOc1cccc(/C(O)=C2\C(=O)C(=O)N(Cc3ccccc3)C2c2ccc(O)c(OCC)c2)c1. The maximum atomic E-state index is 13.4. The minimum absolute atomic E-state index is 0.0280. The molecule has 0 bridgehead atoms. The van der Waals surface area contributed by atoms with E-state index < -0.39 is 17.7 Å². The Balaban J connectivity index is 1.82. The van der Waals surface area contributed by atoms with Gasteiger partial charge in [-0.1, -0.05) is 61.9 Å². The highest BCUT2D eigenvalue weighted by molar-refractivity contribution is 6.46. The first-order valence-electron chi connectivity index (χ1n) is 12.5. The Morgan fingerprint density at radius 1 is 0.946 bits per heavy atom. The summed E-state index contributed by atoms with van der Waals surface area (Å²) in [6.07, 6.45) is 1.88. The van der Waals surface area contributed by atoms with Gasteiger partial charge >= 0.3 is 0 Å². The summed E-state index contributed by atoms with van der Waals surface area (Å²) in [6, 6.07) is 20.0. The molecule has 1 aliphatic heterocycles. The third kappa shape index (κ3) is 5.61. The zero-order chi connectivity index (χ0) is 26.4. The van der Waals surface area contributed by atoms with Crippen LogP contribution < -0.4 is 9.47 Å². The number of aliphatic hydroxyl groups excluding tert-OH is 1. The largest absolute Gasteiger partial charge is 0.507 e. The third-order valence-corrected chi connectivity index (χ3v) is 6.21. The van der Waals surface area contributed by atoms with Crippen molar-refractivity contribution in [1.29, 1.82) is 0 Å². The van der Waals surface area contributed by atoms with Crippen molar-refractivity contribution in [2.75, 3.05) is 13.2 Å². The molecular weight excluding hydrogens is 470 g/mol. The second-order valence-electron chi connectivity index (χ2n) is 8.80. The van der Waals surface area contributed by atoms with Crippen molar-refractivity contribution in [2.45, 2.75) is 39.3 Å². The van der Waals surface area contributed by atoms with Crippen LogP contribution in [0.2, 0.25) is 0 Å². The molecule has 0 radical (unpaired) electrons. The number of aliphatic hydroxyl groups is 1. The minimum Gasteiger partial charge on any atom is -0.507 e. The smallest absolute Gasteiger partial charge is 0.295 e. The van der Waals surface area contributed by atoms with Crippen LogP contribution in [0.1, 0.15) is 49.4 Å². The molecule has 7 heteroatoms. The Kier molecular flexibility index (Phi) is 8.13. The van der Waals surface area contributed by atoms with E-state index in [2.05, 4.69) is 6.92 Å². The number of carbonyl (C=O) groups excluding carboxylic acids is 2. The zero-order valence-electron chi connectivity index (χ0n) is 21.0. The highest BCUT2D eigenvalue weighted by Gasteiger charge is 2.46. The molecule has 3 aromatic carbocycles. The van der Waals surface area contributed by atoms with Gasteiger partial charge in [0.2, 0.25) is 0 Å². The van der Waals surface area contributed by atoms with E-state index in [1.54, 1.807) is 43.3 Å². The highest BCUT2D eigenvalue weighted by atomic mass is 16.5. The molecule has 1 amide bonds. The Bertz CT molecular complexity index is 1300. The van der Waals surface area contributed by atoms with Gasteiger partial charge in [-0.3, -0.25) is 9.59 Å². The van der Waals surface area contributed by atoms with Gasteiger partial charge in [0.05, 0.1) is 24.8 Å². The van der Waals surface area contributed by atoms with Crippen LogP contribution in [0.15, 0.2) is 78.4 Å². The van der Waals surface area contributed by atoms with Crippen LogP contribution in [-0.2, 0) is 16.1 Å². The van der Waals surface area contributed by atoms with Crippen molar-refractivity contribution >= 4 is 17.4 Å². The first-order chi connectivity index (χ1) is 17.9. The molecule has 0 aromatic heterocycles. The highest BCUT2D eigenvalue weighted by Crippen LogP contribution is 2.42. The number of carbonyl (C=O) groups is 2. The van der Waals surface area contributed by atoms with E-state index in [-0.39, 0.29) is 29.4 Å². The van der Waals surface area contributed by atoms with E-state index in [4.69, 9.17) is 9.47 Å². The van der Waals surface area contributed by atoms with Crippen molar-refractivity contribution in [3.63, 3.8) is 0 Å². The lowest BCUT2D eigenvalue weighted by atomic mass is 9.94. The number of Topliss-reactive ketones (excluding diaryl/α,β-unsaturated/α-hetero) is 1. The number of amides is 1. The molecule has 192 valence electrons. The van der Waals surface area contributed by atoms with Crippen LogP contribution in [0.25, 0.3) is 5.76 Å². The van der Waals surface area contributed by atoms with Gasteiger partial charge in [0.25, 0.3) is 11.7 Å². The quantitative estimate of drug-likeness (QED) is 0.163. The summed E-state index contributed by atoms with van der Waals surface area (Å²) in [6.45, 7) is 4.89. The summed E-state index contributed by atoms with van der Waals surface area (Å²) < 4.78 is 11.3. The molecule has 1 fully saturated rings. The van der Waals surface area contributed by atoms with Crippen LogP contribution in [0.5, 0.6) is 17.2 Å². The standard InChI is InChI=1S/C30H31NO6/c1-3-5-16-37-23-13-9-12-22(17-23)28(33)26-27(21-14-15-24(32)25(18-21)36-4-2)31(30(35)29(26)34)19-20-10-7-6-8-11-20/h6-15,17-18,27,32-33H,3-5,16,19H2,1-2H3/b28-26+. The molecule has 1 aliphatic rings. The van der Waals surface area contributed by atoms with Crippen LogP contribution in [0.3, 0.4) is 0 Å². The number of aromatic hydroxyl groups is 1. The Labute approximate surface area is 216 Å². The molecular formula is C30H31NO6. The number of benzene rings is 3. The summed E-state index contributed by atoms with van der Waals surface area (Å²) in [4.78, 5) is 28.1. The summed E-state index contributed by atoms with van der Waals surface area (Å²) >= 11 is 0. The lowest BCUT2D eigenvalue weighted by Crippen LogP contribution is -2.29. The van der Waals surface area contributed by atoms with Crippen molar-refractivity contribution in [2.24, 2.45) is 0 Å².